The average Bonchev–Trinajstić information content (AvgIpc) is 2.39. The second-order valence-corrected chi connectivity index (χ2v) is 2.71. The first-order valence-electron chi connectivity index (χ1n) is 3.99. The number of aromatic nitrogens is 3. The van der Waals surface area contributed by atoms with Gasteiger partial charge in [-0.15, -0.1) is 0 Å². The van der Waals surface area contributed by atoms with E-state index >= 15 is 0 Å². The number of anilines is 1. The molecule has 0 amide bonds. The number of imidazole rings is 1. The van der Waals surface area contributed by atoms with Gasteiger partial charge < -0.3 is 5.73 Å². The van der Waals surface area contributed by atoms with E-state index in [0.717, 1.165) is 6.20 Å². The lowest BCUT2D eigenvalue weighted by atomic mass is 10.4. The van der Waals surface area contributed by atoms with Crippen molar-refractivity contribution in [3.05, 3.63) is 18.1 Å². The van der Waals surface area contributed by atoms with Gasteiger partial charge in [0.15, 0.2) is 5.65 Å². The summed E-state index contributed by atoms with van der Waals surface area (Å²) in [5.74, 6) is -0.0242. The van der Waals surface area contributed by atoms with Gasteiger partial charge in [0.25, 0.3) is 0 Å². The minimum Gasteiger partial charge on any atom is -0.369 e. The van der Waals surface area contributed by atoms with Crippen LogP contribution >= 0.6 is 0 Å². The molecule has 0 aliphatic heterocycles. The molecule has 4 nitrogen and oxygen atoms in total. The van der Waals surface area contributed by atoms with Gasteiger partial charge in [-0.25, -0.2) is 14.4 Å². The molecule has 2 aromatic rings. The molecule has 0 atom stereocenters. The number of hydrogen-bond acceptors (Lipinski definition) is 3. The molecule has 5 heteroatoms. The van der Waals surface area contributed by atoms with Crippen LogP contribution in [0.15, 0.2) is 12.3 Å². The fourth-order valence-corrected chi connectivity index (χ4v) is 1.32. The van der Waals surface area contributed by atoms with Gasteiger partial charge in [0.05, 0.1) is 6.20 Å². The first kappa shape index (κ1) is 7.97. The van der Waals surface area contributed by atoms with Gasteiger partial charge in [0.1, 0.15) is 11.3 Å². The minimum atomic E-state index is -0.395. The molecule has 2 rings (SSSR count). The van der Waals surface area contributed by atoms with Gasteiger partial charge in [-0.05, 0) is 6.92 Å². The molecule has 2 aromatic heterocycles. The van der Waals surface area contributed by atoms with Crippen LogP contribution in [0.25, 0.3) is 11.2 Å². The summed E-state index contributed by atoms with van der Waals surface area (Å²) in [5.41, 5.74) is 6.73. The molecule has 0 aliphatic carbocycles. The fraction of sp³-hybridized carbons (Fsp3) is 0.250. The molecule has 0 bridgehead atoms. The van der Waals surface area contributed by atoms with Gasteiger partial charge in [-0.1, -0.05) is 0 Å². The summed E-state index contributed by atoms with van der Waals surface area (Å²) in [5, 5.41) is 0. The van der Waals surface area contributed by atoms with Crippen molar-refractivity contribution in [1.82, 2.24) is 14.5 Å². The normalized spacial score (nSPS) is 10.9. The predicted octanol–water partition coefficient (Wildman–Crippen LogP) is 1.17. The van der Waals surface area contributed by atoms with E-state index in [-0.39, 0.29) is 0 Å². The average molecular weight is 180 g/mol. The molecule has 0 aromatic carbocycles. The summed E-state index contributed by atoms with van der Waals surface area (Å²) < 4.78 is 14.5. The van der Waals surface area contributed by atoms with Crippen LogP contribution in [0.3, 0.4) is 0 Å². The van der Waals surface area contributed by atoms with Crippen LogP contribution < -0.4 is 5.73 Å². The maximum atomic E-state index is 12.7. The van der Waals surface area contributed by atoms with Crippen LogP contribution in [0.5, 0.6) is 0 Å². The SMILES string of the molecule is CCn1c(N)nc2cc(F)cnc21. The smallest absolute Gasteiger partial charge is 0.202 e. The summed E-state index contributed by atoms with van der Waals surface area (Å²) >= 11 is 0. The highest BCUT2D eigenvalue weighted by Crippen LogP contribution is 2.15. The van der Waals surface area contributed by atoms with Crippen molar-refractivity contribution in [2.24, 2.45) is 0 Å². The number of nitrogens with two attached hydrogens (primary N) is 1. The molecule has 0 aliphatic rings. The van der Waals surface area contributed by atoms with Gasteiger partial charge in [0.2, 0.25) is 5.95 Å². The first-order valence-corrected chi connectivity index (χ1v) is 3.99. The Morgan fingerprint density at radius 2 is 2.38 bits per heavy atom. The van der Waals surface area contributed by atoms with E-state index in [1.165, 1.54) is 6.07 Å². The van der Waals surface area contributed by atoms with Crippen molar-refractivity contribution >= 4 is 17.1 Å². The molecule has 0 saturated heterocycles. The number of rotatable bonds is 1. The van der Waals surface area contributed by atoms with Crippen molar-refractivity contribution in [1.29, 1.82) is 0 Å². The lowest BCUT2D eigenvalue weighted by Crippen LogP contribution is -2.01. The van der Waals surface area contributed by atoms with Crippen LogP contribution in [0.1, 0.15) is 6.92 Å². The molecule has 0 radical (unpaired) electrons. The quantitative estimate of drug-likeness (QED) is 0.716. The third-order valence-electron chi connectivity index (χ3n) is 1.90. The zero-order valence-corrected chi connectivity index (χ0v) is 7.16. The molecule has 0 saturated carbocycles. The Hall–Kier alpha value is -1.65. The van der Waals surface area contributed by atoms with Crippen LogP contribution in [-0.2, 0) is 6.54 Å². The van der Waals surface area contributed by atoms with E-state index in [1.807, 2.05) is 6.92 Å². The molecule has 0 fully saturated rings. The molecule has 13 heavy (non-hydrogen) atoms. The lowest BCUT2D eigenvalue weighted by molar-refractivity contribution is 0.623. The monoisotopic (exact) mass is 180 g/mol. The topological polar surface area (TPSA) is 56.7 Å². The van der Waals surface area contributed by atoms with E-state index in [1.54, 1.807) is 4.57 Å². The minimum absolute atomic E-state index is 0.371. The van der Waals surface area contributed by atoms with Crippen molar-refractivity contribution in [2.45, 2.75) is 13.5 Å². The number of nitrogens with zero attached hydrogens (tertiary/aromatic N) is 3. The number of hydrogen-bond donors (Lipinski definition) is 1. The highest BCUT2D eigenvalue weighted by molar-refractivity contribution is 5.73. The van der Waals surface area contributed by atoms with Gasteiger partial charge >= 0.3 is 0 Å². The predicted molar refractivity (Wildman–Crippen MR) is 47.6 cm³/mol. The number of fused-ring (bicyclic) bond motifs is 1. The maximum Gasteiger partial charge on any atom is 0.202 e. The lowest BCUT2D eigenvalue weighted by Gasteiger charge is -1.98. The second kappa shape index (κ2) is 2.69. The zero-order valence-electron chi connectivity index (χ0n) is 7.16. The Kier molecular flexibility index (Phi) is 1.65. The highest BCUT2D eigenvalue weighted by Gasteiger charge is 2.07. The molecule has 68 valence electrons. The van der Waals surface area contributed by atoms with Crippen molar-refractivity contribution in [3.63, 3.8) is 0 Å². The van der Waals surface area contributed by atoms with E-state index in [2.05, 4.69) is 9.97 Å². The van der Waals surface area contributed by atoms with Crippen molar-refractivity contribution < 1.29 is 4.39 Å². The van der Waals surface area contributed by atoms with E-state index in [4.69, 9.17) is 5.73 Å². The zero-order chi connectivity index (χ0) is 9.42. The van der Waals surface area contributed by atoms with Crippen molar-refractivity contribution in [3.8, 4) is 0 Å². The molecular weight excluding hydrogens is 171 g/mol. The van der Waals surface area contributed by atoms with Gasteiger partial charge in [-0.3, -0.25) is 4.57 Å². The summed E-state index contributed by atoms with van der Waals surface area (Å²) in [6.45, 7) is 2.61. The third kappa shape index (κ3) is 1.12. The van der Waals surface area contributed by atoms with E-state index in [0.29, 0.717) is 23.7 Å². The van der Waals surface area contributed by atoms with Gasteiger partial charge in [0, 0.05) is 12.6 Å². The maximum absolute atomic E-state index is 12.7. The standard InChI is InChI=1S/C8H9FN4/c1-2-13-7-6(12-8(13)10)3-5(9)4-11-7/h3-4H,2H2,1H3,(H2,10,12). The first-order chi connectivity index (χ1) is 6.22. The molecule has 2 N–H and O–H groups in total. The van der Waals surface area contributed by atoms with Crippen molar-refractivity contribution in [2.75, 3.05) is 5.73 Å². The van der Waals surface area contributed by atoms with Crippen LogP contribution in [0.2, 0.25) is 0 Å². The Morgan fingerprint density at radius 3 is 3.08 bits per heavy atom. The largest absolute Gasteiger partial charge is 0.369 e. The second-order valence-electron chi connectivity index (χ2n) is 2.71. The molecule has 0 unspecified atom stereocenters. The van der Waals surface area contributed by atoms with E-state index < -0.39 is 5.82 Å². The number of halogens is 1. The van der Waals surface area contributed by atoms with Crippen LogP contribution in [0, 0.1) is 5.82 Å². The van der Waals surface area contributed by atoms with Gasteiger partial charge in [-0.2, -0.15) is 0 Å². The van der Waals surface area contributed by atoms with E-state index in [9.17, 15) is 4.39 Å². The Bertz CT molecular complexity index is 449. The summed E-state index contributed by atoms with van der Waals surface area (Å²) in [4.78, 5) is 7.90. The summed E-state index contributed by atoms with van der Waals surface area (Å²) in [7, 11) is 0. The molecule has 2 heterocycles. The number of pyridine rings is 1. The fourth-order valence-electron chi connectivity index (χ4n) is 1.32. The highest BCUT2D eigenvalue weighted by atomic mass is 19.1. The summed E-state index contributed by atoms with van der Waals surface area (Å²) in [6.07, 6.45) is 1.16. The van der Waals surface area contributed by atoms with Crippen LogP contribution in [0.4, 0.5) is 10.3 Å². The Morgan fingerprint density at radius 1 is 1.62 bits per heavy atom. The van der Waals surface area contributed by atoms with Crippen LogP contribution in [-0.4, -0.2) is 14.5 Å². The Labute approximate surface area is 74.2 Å². The third-order valence-corrected chi connectivity index (χ3v) is 1.90. The molecular formula is C8H9FN4. The molecule has 0 spiro atoms. The number of aryl methyl sites for hydroxylation is 1. The number of nitrogen functional groups attached to an aromatic ring is 1. The Balaban J connectivity index is 2.79. The summed E-state index contributed by atoms with van der Waals surface area (Å²) in [6, 6.07) is 1.32.